The largest absolute Gasteiger partial charge is 0.379 e. The lowest BCUT2D eigenvalue weighted by Gasteiger charge is -2.47. The highest BCUT2D eigenvalue weighted by Crippen LogP contribution is 2.28. The zero-order valence-corrected chi connectivity index (χ0v) is 13.1. The zero-order chi connectivity index (χ0) is 14.0. The normalized spacial score (nSPS) is 31.4. The van der Waals surface area contributed by atoms with Crippen LogP contribution in [0.25, 0.3) is 0 Å². The van der Waals surface area contributed by atoms with Gasteiger partial charge in [0.15, 0.2) is 0 Å². The van der Waals surface area contributed by atoms with E-state index in [2.05, 4.69) is 30.6 Å². The van der Waals surface area contributed by atoms with Crippen LogP contribution in [0.2, 0.25) is 0 Å². The molecule has 2 fully saturated rings. The number of ether oxygens (including phenoxy) is 1. The number of nitrogens with zero attached hydrogens (tertiary/aromatic N) is 2. The Morgan fingerprint density at radius 1 is 1.37 bits per heavy atom. The molecule has 2 saturated heterocycles. The summed E-state index contributed by atoms with van der Waals surface area (Å²) in [6, 6.07) is 1.80. The summed E-state index contributed by atoms with van der Waals surface area (Å²) in [5.74, 6) is 0. The first-order valence-corrected chi connectivity index (χ1v) is 7.72. The highest BCUT2D eigenvalue weighted by Gasteiger charge is 2.38. The van der Waals surface area contributed by atoms with Gasteiger partial charge in [-0.2, -0.15) is 0 Å². The molecule has 0 spiro atoms. The Morgan fingerprint density at radius 2 is 2.11 bits per heavy atom. The fourth-order valence-electron chi connectivity index (χ4n) is 3.71. The van der Waals surface area contributed by atoms with Gasteiger partial charge in [0.2, 0.25) is 0 Å². The van der Waals surface area contributed by atoms with Crippen LogP contribution in [0, 0.1) is 0 Å². The molecule has 2 heterocycles. The maximum Gasteiger partial charge on any atom is 0.0638 e. The molecule has 3 unspecified atom stereocenters. The molecule has 0 bridgehead atoms. The first-order chi connectivity index (χ1) is 8.96. The van der Waals surface area contributed by atoms with Gasteiger partial charge in [-0.3, -0.25) is 9.80 Å². The molecule has 4 nitrogen and oxygen atoms in total. The van der Waals surface area contributed by atoms with Gasteiger partial charge in [-0.15, -0.1) is 0 Å². The minimum atomic E-state index is -0.0867. The molecule has 19 heavy (non-hydrogen) atoms. The van der Waals surface area contributed by atoms with Gasteiger partial charge < -0.3 is 10.5 Å². The lowest BCUT2D eigenvalue weighted by atomic mass is 9.95. The van der Waals surface area contributed by atoms with E-state index in [1.165, 1.54) is 32.5 Å². The van der Waals surface area contributed by atoms with Gasteiger partial charge in [0.1, 0.15) is 0 Å². The summed E-state index contributed by atoms with van der Waals surface area (Å²) >= 11 is 0. The maximum absolute atomic E-state index is 6.05. The van der Waals surface area contributed by atoms with E-state index >= 15 is 0 Å². The van der Waals surface area contributed by atoms with Crippen LogP contribution in [0.3, 0.4) is 0 Å². The van der Waals surface area contributed by atoms with Crippen LogP contribution >= 0.6 is 0 Å². The van der Waals surface area contributed by atoms with Crippen molar-refractivity contribution in [1.82, 2.24) is 9.80 Å². The van der Waals surface area contributed by atoms with Gasteiger partial charge in [-0.25, -0.2) is 0 Å². The molecule has 0 aromatic rings. The van der Waals surface area contributed by atoms with Crippen LogP contribution < -0.4 is 5.73 Å². The van der Waals surface area contributed by atoms with E-state index in [0.29, 0.717) is 12.1 Å². The van der Waals surface area contributed by atoms with E-state index in [1.807, 2.05) is 0 Å². The van der Waals surface area contributed by atoms with Crippen LogP contribution in [0.4, 0.5) is 0 Å². The topological polar surface area (TPSA) is 41.7 Å². The summed E-state index contributed by atoms with van der Waals surface area (Å²) in [6.07, 6.45) is 3.73. The lowest BCUT2D eigenvalue weighted by Crippen LogP contribution is -2.60. The van der Waals surface area contributed by atoms with Crippen molar-refractivity contribution in [3.63, 3.8) is 0 Å². The van der Waals surface area contributed by atoms with E-state index in [0.717, 1.165) is 19.0 Å². The van der Waals surface area contributed by atoms with Crippen LogP contribution in [-0.4, -0.2) is 66.8 Å². The molecule has 0 amide bonds. The van der Waals surface area contributed by atoms with E-state index in [-0.39, 0.29) is 5.60 Å². The average Bonchev–Trinajstić information content (AvgIpc) is 2.82. The molecule has 2 aliphatic rings. The quantitative estimate of drug-likeness (QED) is 0.817. The van der Waals surface area contributed by atoms with Crippen LogP contribution in [0.5, 0.6) is 0 Å². The Labute approximate surface area is 118 Å². The SMILES string of the molecule is COC(C)(C)CC(CN)N1CC2CCCN2CC1C. The summed E-state index contributed by atoms with van der Waals surface area (Å²) < 4.78 is 5.59. The number of methoxy groups -OCH3 is 1. The molecule has 2 rings (SSSR count). The highest BCUT2D eigenvalue weighted by atomic mass is 16.5. The predicted octanol–water partition coefficient (Wildman–Crippen LogP) is 1.30. The summed E-state index contributed by atoms with van der Waals surface area (Å²) in [5, 5.41) is 0. The maximum atomic E-state index is 6.05. The van der Waals surface area contributed by atoms with Crippen molar-refractivity contribution in [2.75, 3.05) is 33.3 Å². The smallest absolute Gasteiger partial charge is 0.0638 e. The molecule has 3 atom stereocenters. The first-order valence-electron chi connectivity index (χ1n) is 7.72. The third kappa shape index (κ3) is 3.48. The van der Waals surface area contributed by atoms with Crippen molar-refractivity contribution in [3.8, 4) is 0 Å². The molecule has 0 saturated carbocycles. The number of nitrogens with two attached hydrogens (primary N) is 1. The Morgan fingerprint density at radius 3 is 2.74 bits per heavy atom. The van der Waals surface area contributed by atoms with E-state index in [1.54, 1.807) is 7.11 Å². The molecule has 2 N–H and O–H groups in total. The Hall–Kier alpha value is -0.160. The van der Waals surface area contributed by atoms with Crippen molar-refractivity contribution < 1.29 is 4.74 Å². The molecule has 0 aromatic carbocycles. The monoisotopic (exact) mass is 269 g/mol. The molecular formula is C15H31N3O. The van der Waals surface area contributed by atoms with Gasteiger partial charge in [0, 0.05) is 44.9 Å². The number of piperazine rings is 1. The van der Waals surface area contributed by atoms with Crippen molar-refractivity contribution in [2.24, 2.45) is 5.73 Å². The third-order valence-electron chi connectivity index (χ3n) is 5.01. The fraction of sp³-hybridized carbons (Fsp3) is 1.00. The van der Waals surface area contributed by atoms with Crippen LogP contribution in [0.1, 0.15) is 40.0 Å². The van der Waals surface area contributed by atoms with Gasteiger partial charge in [-0.05, 0) is 46.6 Å². The highest BCUT2D eigenvalue weighted by molar-refractivity contribution is 4.94. The lowest BCUT2D eigenvalue weighted by molar-refractivity contribution is -0.0319. The predicted molar refractivity (Wildman–Crippen MR) is 79.3 cm³/mol. The molecular weight excluding hydrogens is 238 g/mol. The van der Waals surface area contributed by atoms with Crippen LogP contribution in [-0.2, 0) is 4.74 Å². The molecule has 0 radical (unpaired) electrons. The fourth-order valence-corrected chi connectivity index (χ4v) is 3.71. The summed E-state index contributed by atoms with van der Waals surface area (Å²) in [4.78, 5) is 5.30. The minimum absolute atomic E-state index is 0.0867. The van der Waals surface area contributed by atoms with Crippen LogP contribution in [0.15, 0.2) is 0 Å². The number of hydrogen-bond acceptors (Lipinski definition) is 4. The number of fused-ring (bicyclic) bond motifs is 1. The Bertz CT molecular complexity index is 295. The van der Waals surface area contributed by atoms with Gasteiger partial charge >= 0.3 is 0 Å². The van der Waals surface area contributed by atoms with Crippen molar-refractivity contribution >= 4 is 0 Å². The summed E-state index contributed by atoms with van der Waals surface area (Å²) in [5.41, 5.74) is 5.97. The van der Waals surface area contributed by atoms with Crippen molar-refractivity contribution in [3.05, 3.63) is 0 Å². The molecule has 2 aliphatic heterocycles. The third-order valence-corrected chi connectivity index (χ3v) is 5.01. The standard InChI is InChI=1S/C15H31N3O/c1-12-10-17-7-5-6-13(17)11-18(12)14(9-16)8-15(2,3)19-4/h12-14H,5-11,16H2,1-4H3. The van der Waals surface area contributed by atoms with E-state index in [4.69, 9.17) is 10.5 Å². The molecule has 0 aliphatic carbocycles. The van der Waals surface area contributed by atoms with E-state index < -0.39 is 0 Å². The molecule has 112 valence electrons. The Balaban J connectivity index is 2.01. The second-order valence-corrected chi connectivity index (χ2v) is 6.89. The Kier molecular flexibility index (Phi) is 4.88. The van der Waals surface area contributed by atoms with Gasteiger partial charge in [-0.1, -0.05) is 0 Å². The first kappa shape index (κ1) is 15.2. The summed E-state index contributed by atoms with van der Waals surface area (Å²) in [6.45, 7) is 11.1. The average molecular weight is 269 g/mol. The van der Waals surface area contributed by atoms with Gasteiger partial charge in [0.05, 0.1) is 5.60 Å². The second kappa shape index (κ2) is 6.08. The number of hydrogen-bond donors (Lipinski definition) is 1. The molecule has 4 heteroatoms. The van der Waals surface area contributed by atoms with Crippen molar-refractivity contribution in [2.45, 2.75) is 63.8 Å². The minimum Gasteiger partial charge on any atom is -0.379 e. The summed E-state index contributed by atoms with van der Waals surface area (Å²) in [7, 11) is 1.80. The van der Waals surface area contributed by atoms with E-state index in [9.17, 15) is 0 Å². The molecule has 0 aromatic heterocycles. The number of rotatable bonds is 5. The van der Waals surface area contributed by atoms with Crippen molar-refractivity contribution in [1.29, 1.82) is 0 Å². The van der Waals surface area contributed by atoms with Gasteiger partial charge in [0.25, 0.3) is 0 Å². The zero-order valence-electron chi connectivity index (χ0n) is 13.1. The second-order valence-electron chi connectivity index (χ2n) is 6.89.